The maximum absolute atomic E-state index is 11.8. The second-order valence-electron chi connectivity index (χ2n) is 4.36. The Hall–Kier alpha value is -2.11. The first-order valence-electron chi connectivity index (χ1n) is 5.61. The van der Waals surface area contributed by atoms with Crippen molar-refractivity contribution in [3.8, 4) is 0 Å². The van der Waals surface area contributed by atoms with Gasteiger partial charge in [0.1, 0.15) is 0 Å². The van der Waals surface area contributed by atoms with Crippen molar-refractivity contribution in [3.05, 3.63) is 34.2 Å². The first kappa shape index (κ1) is 14.0. The van der Waals surface area contributed by atoms with Crippen LogP contribution in [0.2, 0.25) is 0 Å². The Morgan fingerprint density at radius 3 is 2.61 bits per heavy atom. The van der Waals surface area contributed by atoms with Gasteiger partial charge in [-0.05, 0) is 12.0 Å². The first-order chi connectivity index (χ1) is 8.40. The third-order valence-corrected chi connectivity index (χ3v) is 2.55. The number of nitrogens with one attached hydrogen (secondary N) is 2. The van der Waals surface area contributed by atoms with Crippen LogP contribution in [0.15, 0.2) is 23.1 Å². The van der Waals surface area contributed by atoms with Crippen LogP contribution in [0.1, 0.15) is 30.6 Å². The average Bonchev–Trinajstić information content (AvgIpc) is 2.27. The second kappa shape index (κ2) is 6.00. The number of hydrogen-bond acceptors (Lipinski definition) is 3. The highest BCUT2D eigenvalue weighted by atomic mass is 16.4. The van der Waals surface area contributed by atoms with Crippen molar-refractivity contribution in [2.24, 2.45) is 5.92 Å². The van der Waals surface area contributed by atoms with Crippen molar-refractivity contribution in [2.75, 3.05) is 0 Å². The van der Waals surface area contributed by atoms with Gasteiger partial charge in [-0.2, -0.15) is 0 Å². The Labute approximate surface area is 104 Å². The highest BCUT2D eigenvalue weighted by Crippen LogP contribution is 2.07. The van der Waals surface area contributed by atoms with Crippen LogP contribution in [0.25, 0.3) is 0 Å². The van der Waals surface area contributed by atoms with Gasteiger partial charge in [-0.3, -0.25) is 14.4 Å². The molecule has 0 saturated heterocycles. The number of hydrogen-bond donors (Lipinski definition) is 3. The molecule has 1 amide bonds. The third-order valence-electron chi connectivity index (χ3n) is 2.55. The van der Waals surface area contributed by atoms with Gasteiger partial charge in [0, 0.05) is 23.9 Å². The van der Waals surface area contributed by atoms with E-state index in [1.54, 1.807) is 0 Å². The van der Waals surface area contributed by atoms with Gasteiger partial charge in [0.05, 0.1) is 6.42 Å². The van der Waals surface area contributed by atoms with Crippen molar-refractivity contribution in [3.63, 3.8) is 0 Å². The molecule has 0 fully saturated rings. The minimum absolute atomic E-state index is 0.00736. The minimum Gasteiger partial charge on any atom is -0.481 e. The molecule has 1 aromatic heterocycles. The van der Waals surface area contributed by atoms with Crippen molar-refractivity contribution in [2.45, 2.75) is 26.3 Å². The lowest BCUT2D eigenvalue weighted by molar-refractivity contribution is -0.137. The van der Waals surface area contributed by atoms with Gasteiger partial charge in [0.15, 0.2) is 0 Å². The van der Waals surface area contributed by atoms with Crippen molar-refractivity contribution in [1.82, 2.24) is 10.3 Å². The highest BCUT2D eigenvalue weighted by molar-refractivity contribution is 5.94. The van der Waals surface area contributed by atoms with Crippen LogP contribution in [-0.4, -0.2) is 28.0 Å². The summed E-state index contributed by atoms with van der Waals surface area (Å²) in [6, 6.07) is 2.18. The molecule has 0 aliphatic heterocycles. The molecule has 1 rings (SSSR count). The van der Waals surface area contributed by atoms with E-state index in [1.165, 1.54) is 18.3 Å². The standard InChI is InChI=1S/C12H16N2O4/c1-7(2)9(6-11(16)17)14-12(18)8-3-4-13-10(15)5-8/h3-5,7,9H,6H2,1-2H3,(H,13,15)(H,14,18)(H,16,17). The Morgan fingerprint density at radius 2 is 2.11 bits per heavy atom. The third kappa shape index (κ3) is 4.04. The molecule has 18 heavy (non-hydrogen) atoms. The average molecular weight is 252 g/mol. The molecule has 1 aromatic rings. The van der Waals surface area contributed by atoms with Gasteiger partial charge in [-0.1, -0.05) is 13.8 Å². The molecular weight excluding hydrogens is 236 g/mol. The highest BCUT2D eigenvalue weighted by Gasteiger charge is 2.20. The summed E-state index contributed by atoms with van der Waals surface area (Å²) in [7, 11) is 0. The molecule has 6 heteroatoms. The van der Waals surface area contributed by atoms with E-state index in [-0.39, 0.29) is 23.5 Å². The number of amides is 1. The number of carboxylic acid groups (broad SMARTS) is 1. The van der Waals surface area contributed by atoms with Gasteiger partial charge in [-0.25, -0.2) is 0 Å². The minimum atomic E-state index is -0.972. The number of carbonyl (C=O) groups excluding carboxylic acids is 1. The van der Waals surface area contributed by atoms with Crippen LogP contribution in [0, 0.1) is 5.92 Å². The number of carbonyl (C=O) groups is 2. The van der Waals surface area contributed by atoms with E-state index in [0.717, 1.165) is 0 Å². The molecule has 0 saturated carbocycles. The van der Waals surface area contributed by atoms with E-state index in [9.17, 15) is 14.4 Å². The molecule has 6 nitrogen and oxygen atoms in total. The Bertz CT molecular complexity index is 493. The lowest BCUT2D eigenvalue weighted by atomic mass is 10.0. The quantitative estimate of drug-likeness (QED) is 0.714. The van der Waals surface area contributed by atoms with Gasteiger partial charge in [0.25, 0.3) is 5.91 Å². The van der Waals surface area contributed by atoms with Gasteiger partial charge in [0.2, 0.25) is 5.56 Å². The monoisotopic (exact) mass is 252 g/mol. The number of pyridine rings is 1. The second-order valence-corrected chi connectivity index (χ2v) is 4.36. The molecule has 0 aromatic carbocycles. The topological polar surface area (TPSA) is 99.3 Å². The summed E-state index contributed by atoms with van der Waals surface area (Å²) in [5.41, 5.74) is -0.156. The molecular formula is C12H16N2O4. The summed E-state index contributed by atoms with van der Waals surface area (Å²) < 4.78 is 0. The van der Waals surface area contributed by atoms with Gasteiger partial charge >= 0.3 is 5.97 Å². The predicted octanol–water partition coefficient (Wildman–Crippen LogP) is 0.604. The molecule has 0 aliphatic rings. The fourth-order valence-electron chi connectivity index (χ4n) is 1.48. The normalized spacial score (nSPS) is 12.2. The van der Waals surface area contributed by atoms with E-state index in [4.69, 9.17) is 5.11 Å². The SMILES string of the molecule is CC(C)C(CC(=O)O)NC(=O)c1cc[nH]c(=O)c1. The molecule has 0 bridgehead atoms. The zero-order valence-corrected chi connectivity index (χ0v) is 10.3. The number of carboxylic acids is 1. The fraction of sp³-hybridized carbons (Fsp3) is 0.417. The molecule has 0 spiro atoms. The molecule has 0 radical (unpaired) electrons. The number of aromatic nitrogens is 1. The van der Waals surface area contributed by atoms with Crippen LogP contribution in [0.5, 0.6) is 0 Å². The molecule has 1 atom stereocenters. The van der Waals surface area contributed by atoms with Crippen molar-refractivity contribution >= 4 is 11.9 Å². The van der Waals surface area contributed by atoms with Gasteiger partial charge < -0.3 is 15.4 Å². The van der Waals surface area contributed by atoms with Crippen LogP contribution in [0.3, 0.4) is 0 Å². The number of rotatable bonds is 5. The maximum atomic E-state index is 11.8. The van der Waals surface area contributed by atoms with Crippen LogP contribution >= 0.6 is 0 Å². The van der Waals surface area contributed by atoms with E-state index >= 15 is 0 Å². The van der Waals surface area contributed by atoms with Crippen LogP contribution in [0.4, 0.5) is 0 Å². The van der Waals surface area contributed by atoms with Crippen LogP contribution < -0.4 is 10.9 Å². The lowest BCUT2D eigenvalue weighted by Gasteiger charge is -2.20. The molecule has 0 aliphatic carbocycles. The van der Waals surface area contributed by atoms with E-state index in [0.29, 0.717) is 0 Å². The lowest BCUT2D eigenvalue weighted by Crippen LogP contribution is -2.40. The smallest absolute Gasteiger partial charge is 0.305 e. The molecule has 98 valence electrons. The number of H-pyrrole nitrogens is 1. The molecule has 3 N–H and O–H groups in total. The largest absolute Gasteiger partial charge is 0.481 e. The van der Waals surface area contributed by atoms with E-state index in [2.05, 4.69) is 10.3 Å². The first-order valence-corrected chi connectivity index (χ1v) is 5.61. The van der Waals surface area contributed by atoms with E-state index in [1.807, 2.05) is 13.8 Å². The van der Waals surface area contributed by atoms with Crippen LogP contribution in [-0.2, 0) is 4.79 Å². The molecule has 1 unspecified atom stereocenters. The zero-order chi connectivity index (χ0) is 13.7. The summed E-state index contributed by atoms with van der Waals surface area (Å²) in [5.74, 6) is -1.42. The van der Waals surface area contributed by atoms with Crippen molar-refractivity contribution < 1.29 is 14.7 Å². The summed E-state index contributed by atoms with van der Waals surface area (Å²) in [4.78, 5) is 36.0. The fourth-order valence-corrected chi connectivity index (χ4v) is 1.48. The Morgan fingerprint density at radius 1 is 1.44 bits per heavy atom. The summed E-state index contributed by atoms with van der Waals surface area (Å²) in [6.07, 6.45) is 1.23. The summed E-state index contributed by atoms with van der Waals surface area (Å²) in [5, 5.41) is 11.4. The predicted molar refractivity (Wildman–Crippen MR) is 65.4 cm³/mol. The maximum Gasteiger partial charge on any atom is 0.305 e. The summed E-state index contributed by atoms with van der Waals surface area (Å²) >= 11 is 0. The molecule has 1 heterocycles. The van der Waals surface area contributed by atoms with Crippen molar-refractivity contribution in [1.29, 1.82) is 0 Å². The number of aliphatic carboxylic acids is 1. The Kier molecular flexibility index (Phi) is 4.65. The van der Waals surface area contributed by atoms with E-state index < -0.39 is 17.9 Å². The zero-order valence-electron chi connectivity index (χ0n) is 10.3. The Balaban J connectivity index is 2.78. The van der Waals surface area contributed by atoms with Gasteiger partial charge in [-0.15, -0.1) is 0 Å². The summed E-state index contributed by atoms with van der Waals surface area (Å²) in [6.45, 7) is 3.65. The number of aromatic amines is 1.